The van der Waals surface area contributed by atoms with Gasteiger partial charge in [-0.05, 0) is 205 Å². The highest BCUT2D eigenvalue weighted by molar-refractivity contribution is 9.10. The van der Waals surface area contributed by atoms with Crippen molar-refractivity contribution >= 4 is 144 Å². The lowest BCUT2D eigenvalue weighted by Crippen LogP contribution is -2.52. The molecule has 4 aromatic heterocycles. The zero-order valence-corrected chi connectivity index (χ0v) is 88.0. The molecule has 2 atom stereocenters. The normalized spacial score (nSPS) is 19.0. The van der Waals surface area contributed by atoms with Crippen LogP contribution in [0.4, 0.5) is 132 Å². The molecule has 812 valence electrons. The Labute approximate surface area is 882 Å². The standard InChI is InChI=1S/C29H38F3N7O.C26H36N8O2.C24H31BrF3N7O2.C24H31ClF3N7O2/c1-37-21-8-9-22(37)18-39(17-21)20-10-11-25(23(15-20)19-6-7-19)35-28-34-16-24(29(30,31)32)27(36-28)33-12-4-14-38-13-3-2-5-26(38)40;1-3-20-17-22(33-12-10-32(2)11-13-33)5-6-23(20)30-26-29-19-21(18-27)25(31-26)28-8-4-9-34-14-16-36-15-7-24(34)35;2*1-33-8-10-34(11-9-33)17-3-4-20(19(25)15-17)31-23-30-16-18(24(26,27)28)22(32-23)29-6-2-7-35-12-14-37-13-5-21(35)36/h10-11,15-16,19,21-22H,2-9,12-14,17-18H2,1H3,(H2,33,34,35,36);5-6,17,19H,3-4,7-16H2,1-2H3,(H2,28,29,30,31);2*3-4,15-16H,2,5-14H2,1H3,(H2,29,30,31,32). The topological polar surface area (TPSA) is 358 Å². The fraction of sp³-hybridized carbons (Fsp3) is 0.563. The van der Waals surface area contributed by atoms with Crippen LogP contribution in [0, 0.1) is 11.3 Å². The van der Waals surface area contributed by atoms with Crippen LogP contribution in [0.3, 0.4) is 0 Å². The van der Waals surface area contributed by atoms with Gasteiger partial charge in [0.15, 0.2) is 0 Å². The number of ether oxygens (including phenoxy) is 3. The van der Waals surface area contributed by atoms with Crippen molar-refractivity contribution in [1.29, 1.82) is 5.26 Å². The van der Waals surface area contributed by atoms with E-state index in [1.54, 1.807) is 20.8 Å². The molecule has 8 N–H and O–H groups in total. The number of carbonyl (C=O) groups excluding carboxylic acids is 4. The van der Waals surface area contributed by atoms with Crippen LogP contribution < -0.4 is 62.1 Å². The van der Waals surface area contributed by atoms with E-state index >= 15 is 0 Å². The average Bonchev–Trinajstić information content (AvgIpc) is 1.63. The molecule has 4 amide bonds. The molecular weight excluding hydrogens is 2040 g/mol. The van der Waals surface area contributed by atoms with Crippen LogP contribution in [0.5, 0.6) is 0 Å². The van der Waals surface area contributed by atoms with Gasteiger partial charge in [0.1, 0.15) is 51.6 Å². The highest BCUT2D eigenvalue weighted by atomic mass is 79.9. The molecule has 1 aliphatic carbocycles. The average molecular weight is 2180 g/mol. The van der Waals surface area contributed by atoms with Gasteiger partial charge in [-0.3, -0.25) is 24.1 Å². The summed E-state index contributed by atoms with van der Waals surface area (Å²) in [6.07, 6.45) is 1.36. The van der Waals surface area contributed by atoms with Crippen molar-refractivity contribution in [1.82, 2.24) is 79.1 Å². The number of nitriles is 1. The van der Waals surface area contributed by atoms with E-state index in [2.05, 4.69) is 209 Å². The first-order valence-electron chi connectivity index (χ1n) is 51.9. The fourth-order valence-corrected chi connectivity index (χ4v) is 20.0. The second-order valence-electron chi connectivity index (χ2n) is 39.0. The molecule has 9 saturated heterocycles. The maximum atomic E-state index is 13.7. The number of likely N-dealkylation sites (tertiary alicyclic amines) is 1. The minimum atomic E-state index is -4.62. The molecule has 9 aliphatic heterocycles. The Kier molecular flexibility index (Phi) is 39.9. The molecule has 8 aromatic rings. The minimum absolute atomic E-state index is 0.00813. The summed E-state index contributed by atoms with van der Waals surface area (Å²) in [6, 6.07) is 27.5. The van der Waals surface area contributed by atoms with Gasteiger partial charge >= 0.3 is 18.5 Å². The lowest BCUT2D eigenvalue weighted by Gasteiger charge is -2.40. The number of halogens is 11. The highest BCUT2D eigenvalue weighted by Gasteiger charge is 2.42. The largest absolute Gasteiger partial charge is 0.421 e. The first kappa shape index (κ1) is 112. The van der Waals surface area contributed by atoms with Gasteiger partial charge in [0.25, 0.3) is 0 Å². The molecule has 10 fully saturated rings. The van der Waals surface area contributed by atoms with Gasteiger partial charge in [-0.15, -0.1) is 0 Å². The number of aromatic nitrogens is 8. The van der Waals surface area contributed by atoms with Crippen LogP contribution in [0.1, 0.15) is 136 Å². The van der Waals surface area contributed by atoms with Crippen LogP contribution >= 0.6 is 27.5 Å². The number of benzene rings is 4. The second-order valence-corrected chi connectivity index (χ2v) is 40.3. The number of nitrogens with one attached hydrogen (secondary N) is 8. The maximum absolute atomic E-state index is 13.7. The number of carbonyl (C=O) groups is 4. The first-order chi connectivity index (χ1) is 72.2. The number of rotatable bonds is 34. The van der Waals surface area contributed by atoms with Crippen molar-refractivity contribution in [3.63, 3.8) is 0 Å². The van der Waals surface area contributed by atoms with Gasteiger partial charge < -0.3 is 111 Å². The molecule has 47 heteroatoms. The lowest BCUT2D eigenvalue weighted by atomic mass is 10.1. The molecular formula is C103H136BrClF9N29O7. The van der Waals surface area contributed by atoms with Crippen molar-refractivity contribution < 1.29 is 72.9 Å². The van der Waals surface area contributed by atoms with Crippen molar-refractivity contribution in [2.75, 3.05) is 300 Å². The quantitative estimate of drug-likeness (QED) is 0.0137. The molecule has 18 rings (SSSR count). The van der Waals surface area contributed by atoms with E-state index in [1.807, 2.05) is 41.3 Å². The van der Waals surface area contributed by atoms with E-state index in [0.29, 0.717) is 195 Å². The van der Waals surface area contributed by atoms with E-state index in [-0.39, 0.29) is 78.6 Å². The summed E-state index contributed by atoms with van der Waals surface area (Å²) in [6.45, 7) is 24.2. The van der Waals surface area contributed by atoms with E-state index in [4.69, 9.17) is 25.8 Å². The van der Waals surface area contributed by atoms with Gasteiger partial charge in [0.2, 0.25) is 47.4 Å². The number of hydrogen-bond donors (Lipinski definition) is 8. The van der Waals surface area contributed by atoms with Crippen LogP contribution in [0.25, 0.3) is 0 Å². The molecule has 0 radical (unpaired) electrons. The summed E-state index contributed by atoms with van der Waals surface area (Å²) < 4.78 is 139. The molecule has 2 bridgehead atoms. The molecule has 36 nitrogen and oxygen atoms in total. The number of likely N-dealkylation sites (N-methyl/N-ethyl adjacent to an activating group) is 4. The highest BCUT2D eigenvalue weighted by Crippen LogP contribution is 2.47. The molecule has 4 aromatic carbocycles. The summed E-state index contributed by atoms with van der Waals surface area (Å²) >= 11 is 10.0. The molecule has 1 saturated carbocycles. The number of amides is 4. The van der Waals surface area contributed by atoms with Gasteiger partial charge in [0, 0.05) is 246 Å². The zero-order chi connectivity index (χ0) is 106. The third-order valence-corrected chi connectivity index (χ3v) is 29.4. The smallest absolute Gasteiger partial charge is 0.379 e. The predicted octanol–water partition coefficient (Wildman–Crippen LogP) is 15.2. The Hall–Kier alpha value is -12.0. The Morgan fingerprint density at radius 1 is 0.407 bits per heavy atom. The molecule has 2 unspecified atom stereocenters. The molecule has 0 spiro atoms. The Morgan fingerprint density at radius 3 is 1.17 bits per heavy atom. The van der Waals surface area contributed by atoms with E-state index in [9.17, 15) is 64.0 Å². The van der Waals surface area contributed by atoms with Gasteiger partial charge in [0.05, 0.1) is 81.5 Å². The number of anilines is 16. The predicted molar refractivity (Wildman–Crippen MR) is 566 cm³/mol. The third-order valence-electron chi connectivity index (χ3n) is 28.4. The first-order valence-corrected chi connectivity index (χ1v) is 53.0. The summed E-state index contributed by atoms with van der Waals surface area (Å²) in [7, 11) is 8.57. The Balaban J connectivity index is 0.000000150. The van der Waals surface area contributed by atoms with E-state index < -0.39 is 35.2 Å². The SMILES string of the molecule is CCc1cc(N2CCN(C)CC2)ccc1Nc1ncc(C#N)c(NCCCN2CCOCCC2=O)n1.CN1C2CCC1CN(c1ccc(Nc3ncc(C(F)(F)F)c(NCCCN4CCCCC4=O)n3)c(C3CC3)c1)C2.CN1CCN(c2ccc(Nc3ncc(C(F)(F)F)c(NCCCN4CCOCCC4=O)n3)c(Br)c2)CC1.CN1CCN(c2ccc(Nc3ncc(C(F)(F)F)c(NCCCN4CCOCCC4=O)n3)c(Cl)c2)CC1. The van der Waals surface area contributed by atoms with Gasteiger partial charge in [-0.2, -0.15) is 64.7 Å². The van der Waals surface area contributed by atoms with Crippen LogP contribution in [-0.2, 0) is 58.3 Å². The summed E-state index contributed by atoms with van der Waals surface area (Å²) in [5.74, 6) is 0.888. The van der Waals surface area contributed by atoms with Crippen LogP contribution in [0.15, 0.2) is 102 Å². The number of nitrogens with zero attached hydrogens (tertiary/aromatic N) is 21. The van der Waals surface area contributed by atoms with Crippen LogP contribution in [0.2, 0.25) is 5.02 Å². The van der Waals surface area contributed by atoms with Crippen molar-refractivity contribution in [3.8, 4) is 6.07 Å². The van der Waals surface area contributed by atoms with Crippen LogP contribution in [-0.4, -0.2) is 353 Å². The Morgan fingerprint density at radius 2 is 0.767 bits per heavy atom. The number of piperidine rings is 1. The molecule has 13 heterocycles. The number of aryl methyl sites for hydroxylation is 1. The fourth-order valence-electron chi connectivity index (χ4n) is 19.3. The van der Waals surface area contributed by atoms with Gasteiger partial charge in [-0.1, -0.05) is 18.5 Å². The number of fused-ring (bicyclic) bond motifs is 2. The van der Waals surface area contributed by atoms with Crippen molar-refractivity contribution in [3.05, 3.63) is 140 Å². The van der Waals surface area contributed by atoms with Crippen molar-refractivity contribution in [2.45, 2.75) is 140 Å². The molecule has 150 heavy (non-hydrogen) atoms. The second kappa shape index (κ2) is 53.3. The number of alkyl halides is 9. The van der Waals surface area contributed by atoms with Gasteiger partial charge in [-0.25, -0.2) is 19.9 Å². The third kappa shape index (κ3) is 31.9. The summed E-state index contributed by atoms with van der Waals surface area (Å²) in [5.41, 5.74) is 7.40. The maximum Gasteiger partial charge on any atom is 0.421 e. The molecule has 10 aliphatic rings. The number of hydrogen-bond acceptors (Lipinski definition) is 32. The zero-order valence-electron chi connectivity index (χ0n) is 85.6. The summed E-state index contributed by atoms with van der Waals surface area (Å²) in [5, 5.41) is 34.1. The lowest BCUT2D eigenvalue weighted by molar-refractivity contribution is -0.138. The van der Waals surface area contributed by atoms with E-state index in [0.717, 1.165) is 176 Å². The Bertz CT molecular complexity index is 5690. The van der Waals surface area contributed by atoms with Crippen molar-refractivity contribution in [2.24, 2.45) is 0 Å². The number of piperazine rings is 4. The monoisotopic (exact) mass is 2180 g/mol. The summed E-state index contributed by atoms with van der Waals surface area (Å²) in [4.78, 5) is 107. The van der Waals surface area contributed by atoms with E-state index in [1.165, 1.54) is 41.5 Å². The minimum Gasteiger partial charge on any atom is -0.379 e.